The molecule has 0 unspecified atom stereocenters. The number of phenols is 1. The van der Waals surface area contributed by atoms with Crippen molar-refractivity contribution in [3.05, 3.63) is 107 Å². The van der Waals surface area contributed by atoms with Crippen LogP contribution in [0.5, 0.6) is 11.5 Å². The highest BCUT2D eigenvalue weighted by molar-refractivity contribution is 14.1. The lowest BCUT2D eigenvalue weighted by Gasteiger charge is -2.27. The van der Waals surface area contributed by atoms with E-state index in [1.54, 1.807) is 7.11 Å². The molecule has 0 saturated carbocycles. The normalized spacial score (nSPS) is 11.4. The SMILES string of the molecule is CCNC(=O)NCc1cccc(-c2ccc(C(C)(C)CCCNC(=O)C(C)(C)C)cc2O)c1.CCNC(=O)NCc1cccc(-c2ccc(C(C)(C)CCCNC(=O)C(C)(C)C)cc2OC)c1.CI. The van der Waals surface area contributed by atoms with Crippen molar-refractivity contribution in [1.29, 1.82) is 0 Å². The quantitative estimate of drug-likeness (QED) is 0.0280. The third-order valence-electron chi connectivity index (χ3n) is 11.7. The van der Waals surface area contributed by atoms with E-state index in [0.717, 1.165) is 70.4 Å². The predicted molar refractivity (Wildman–Crippen MR) is 293 cm³/mol. The minimum atomic E-state index is -0.383. The van der Waals surface area contributed by atoms with Crippen molar-refractivity contribution >= 4 is 46.5 Å². The van der Waals surface area contributed by atoms with E-state index < -0.39 is 0 Å². The van der Waals surface area contributed by atoms with Gasteiger partial charge in [-0.2, -0.15) is 0 Å². The molecule has 0 radical (unpaired) electrons. The van der Waals surface area contributed by atoms with E-state index in [0.29, 0.717) is 39.3 Å². The Kier molecular flexibility index (Phi) is 24.6. The number of amides is 6. The Bertz CT molecular complexity index is 2260. The Balaban J connectivity index is 0.000000457. The van der Waals surface area contributed by atoms with Crippen molar-refractivity contribution < 1.29 is 29.0 Å². The Morgan fingerprint density at radius 2 is 0.942 bits per heavy atom. The van der Waals surface area contributed by atoms with Crippen LogP contribution < -0.4 is 36.6 Å². The molecule has 7 N–H and O–H groups in total. The minimum absolute atomic E-state index is 0.0589. The summed E-state index contributed by atoms with van der Waals surface area (Å²) < 4.78 is 5.76. The van der Waals surface area contributed by atoms with Crippen molar-refractivity contribution in [2.75, 3.05) is 38.2 Å². The Morgan fingerprint density at radius 1 is 0.536 bits per heavy atom. The lowest BCUT2D eigenvalue weighted by Crippen LogP contribution is -2.35. The van der Waals surface area contributed by atoms with E-state index in [4.69, 9.17) is 4.74 Å². The van der Waals surface area contributed by atoms with E-state index in [1.807, 2.05) is 109 Å². The number of aromatic hydroxyl groups is 1. The van der Waals surface area contributed by atoms with Gasteiger partial charge in [0.05, 0.1) is 7.11 Å². The topological polar surface area (TPSA) is 170 Å². The molecule has 4 rings (SSSR count). The van der Waals surface area contributed by atoms with Gasteiger partial charge in [0.2, 0.25) is 11.8 Å². The number of benzene rings is 4. The molecule has 4 aromatic carbocycles. The van der Waals surface area contributed by atoms with Crippen LogP contribution >= 0.6 is 22.6 Å². The van der Waals surface area contributed by atoms with Crippen molar-refractivity contribution in [3.8, 4) is 33.8 Å². The summed E-state index contributed by atoms with van der Waals surface area (Å²) in [6.07, 6.45) is 3.59. The number of carbonyl (C=O) groups excluding carboxylic acids is 4. The van der Waals surface area contributed by atoms with Gasteiger partial charge in [-0.15, -0.1) is 0 Å². The largest absolute Gasteiger partial charge is 0.507 e. The molecule has 0 bridgehead atoms. The first-order valence-corrected chi connectivity index (χ1v) is 26.3. The molecule has 0 aromatic heterocycles. The molecule has 12 nitrogen and oxygen atoms in total. The number of nitrogens with one attached hydrogen (secondary N) is 6. The third kappa shape index (κ3) is 20.3. The summed E-state index contributed by atoms with van der Waals surface area (Å²) in [7, 11) is 1.69. The van der Waals surface area contributed by atoms with Crippen LogP contribution in [0.15, 0.2) is 84.9 Å². The van der Waals surface area contributed by atoms with Gasteiger partial charge in [0.1, 0.15) is 11.5 Å². The zero-order valence-electron chi connectivity index (χ0n) is 44.0. The summed E-state index contributed by atoms with van der Waals surface area (Å²) in [4.78, 5) is 49.5. The van der Waals surface area contributed by atoms with Crippen LogP contribution in [0, 0.1) is 10.8 Å². The second kappa shape index (κ2) is 28.4. The highest BCUT2D eigenvalue weighted by Gasteiger charge is 2.26. The lowest BCUT2D eigenvalue weighted by molar-refractivity contribution is -0.129. The van der Waals surface area contributed by atoms with Crippen LogP contribution in [0.4, 0.5) is 9.59 Å². The van der Waals surface area contributed by atoms with Crippen LogP contribution in [0.2, 0.25) is 0 Å². The van der Waals surface area contributed by atoms with E-state index in [1.165, 1.54) is 5.56 Å². The maximum Gasteiger partial charge on any atom is 0.315 e. The molecule has 0 aliphatic heterocycles. The van der Waals surface area contributed by atoms with Crippen LogP contribution in [-0.2, 0) is 33.5 Å². The van der Waals surface area contributed by atoms with E-state index in [9.17, 15) is 24.3 Å². The number of rotatable bonds is 19. The van der Waals surface area contributed by atoms with Gasteiger partial charge in [-0.3, -0.25) is 9.59 Å². The fourth-order valence-corrected chi connectivity index (χ4v) is 7.34. The maximum absolute atomic E-state index is 12.1. The Morgan fingerprint density at radius 3 is 1.33 bits per heavy atom. The molecule has 13 heteroatoms. The van der Waals surface area contributed by atoms with Crippen LogP contribution in [0.1, 0.15) is 131 Å². The third-order valence-corrected chi connectivity index (χ3v) is 11.7. The second-order valence-corrected chi connectivity index (χ2v) is 20.5. The standard InChI is InChI=1S/C28H41N3O3.C27H39N3O3.CH3I/c1-8-29-26(33)31-19-20-11-9-12-21(17-20)23-14-13-22(18-24(23)34-7)28(5,6)15-10-16-30-25(32)27(2,3)4;1-7-28-25(33)30-18-19-10-8-11-20(16-19)22-13-12-21(17-23(22)31)27(5,6)14-9-15-29-24(32)26(2,3)4;1-2/h9,11-14,17-18H,8,10,15-16,19H2,1-7H3,(H,30,32)(H2,29,31,33);8,10-13,16-17,31H,7,9,14-15,18H2,1-6H3,(H,29,32)(H2,28,30,33);1H3. The molecule has 0 heterocycles. The first-order chi connectivity index (χ1) is 32.4. The summed E-state index contributed by atoms with van der Waals surface area (Å²) in [5.74, 6) is 1.20. The number of phenolic OH excluding ortho intramolecular Hbond substituents is 1. The summed E-state index contributed by atoms with van der Waals surface area (Å²) in [5, 5.41) is 28.0. The van der Waals surface area contributed by atoms with Crippen molar-refractivity contribution in [3.63, 3.8) is 0 Å². The monoisotopic (exact) mass is 1060 g/mol. The number of methoxy groups -OCH3 is 1. The molecule has 0 aliphatic carbocycles. The number of hydrogen-bond donors (Lipinski definition) is 7. The van der Waals surface area contributed by atoms with Gasteiger partial charge in [0, 0.05) is 61.2 Å². The molecule has 0 fully saturated rings. The number of carbonyl (C=O) groups is 4. The zero-order valence-corrected chi connectivity index (χ0v) is 46.2. The summed E-state index contributed by atoms with van der Waals surface area (Å²) in [5.41, 5.74) is 7.00. The average Bonchev–Trinajstić information content (AvgIpc) is 3.30. The molecular formula is C56H83IN6O6. The molecule has 0 atom stereocenters. The molecule has 0 saturated heterocycles. The number of hydrogen-bond acceptors (Lipinski definition) is 6. The molecule has 4 aromatic rings. The Hall–Kier alpha value is -5.31. The number of alkyl halides is 1. The Labute approximate surface area is 427 Å². The molecule has 69 heavy (non-hydrogen) atoms. The van der Waals surface area contributed by atoms with E-state index in [2.05, 4.69) is 119 Å². The molecular weight excluding hydrogens is 980 g/mol. The van der Waals surface area contributed by atoms with Gasteiger partial charge in [-0.1, -0.05) is 152 Å². The first-order valence-electron chi connectivity index (χ1n) is 24.1. The summed E-state index contributed by atoms with van der Waals surface area (Å²) >= 11 is 2.15. The minimum Gasteiger partial charge on any atom is -0.507 e. The van der Waals surface area contributed by atoms with Gasteiger partial charge in [0.15, 0.2) is 0 Å². The van der Waals surface area contributed by atoms with Gasteiger partial charge in [0.25, 0.3) is 0 Å². The fraction of sp³-hybridized carbons (Fsp3) is 0.500. The van der Waals surface area contributed by atoms with Crippen molar-refractivity contribution in [1.82, 2.24) is 31.9 Å². The van der Waals surface area contributed by atoms with E-state index in [-0.39, 0.29) is 51.3 Å². The van der Waals surface area contributed by atoms with Crippen LogP contribution in [-0.4, -0.2) is 67.2 Å². The predicted octanol–water partition coefficient (Wildman–Crippen LogP) is 11.6. The first kappa shape index (κ1) is 59.8. The average molecular weight is 1060 g/mol. The molecule has 6 amide bonds. The van der Waals surface area contributed by atoms with Gasteiger partial charge in [-0.25, -0.2) is 9.59 Å². The van der Waals surface area contributed by atoms with Crippen molar-refractivity contribution in [2.45, 2.75) is 133 Å². The van der Waals surface area contributed by atoms with Crippen LogP contribution in [0.3, 0.4) is 0 Å². The molecule has 0 spiro atoms. The summed E-state index contributed by atoms with van der Waals surface area (Å²) in [6.45, 7) is 27.4. The smallest absolute Gasteiger partial charge is 0.315 e. The number of ether oxygens (including phenoxy) is 1. The van der Waals surface area contributed by atoms with Gasteiger partial charge >= 0.3 is 12.1 Å². The number of urea groups is 2. The zero-order chi connectivity index (χ0) is 52.0. The highest BCUT2D eigenvalue weighted by Crippen LogP contribution is 2.38. The second-order valence-electron chi connectivity index (χ2n) is 20.5. The van der Waals surface area contributed by atoms with Gasteiger partial charge in [-0.05, 0) is 113 Å². The van der Waals surface area contributed by atoms with Gasteiger partial charge < -0.3 is 41.7 Å². The van der Waals surface area contributed by atoms with Crippen molar-refractivity contribution in [2.24, 2.45) is 10.8 Å². The van der Waals surface area contributed by atoms with Crippen LogP contribution in [0.25, 0.3) is 22.3 Å². The molecule has 0 aliphatic rings. The summed E-state index contributed by atoms with van der Waals surface area (Å²) in [6, 6.07) is 27.8. The fourth-order valence-electron chi connectivity index (χ4n) is 7.34. The maximum atomic E-state index is 12.1. The lowest BCUT2D eigenvalue weighted by atomic mass is 9.79. The number of halogens is 1. The highest BCUT2D eigenvalue weighted by atomic mass is 127. The molecule has 380 valence electrons. The van der Waals surface area contributed by atoms with E-state index >= 15 is 0 Å².